The van der Waals surface area contributed by atoms with Crippen molar-refractivity contribution in [2.45, 2.75) is 6.54 Å². The molecule has 0 aliphatic heterocycles. The molecule has 0 bridgehead atoms. The largest absolute Gasteiger partial charge is 0.357 e. The highest BCUT2D eigenvalue weighted by Gasteiger charge is 2.12. The molecule has 2 heterocycles. The number of hydrogen-bond donors (Lipinski definition) is 1. The van der Waals surface area contributed by atoms with E-state index in [9.17, 15) is 0 Å². The van der Waals surface area contributed by atoms with Gasteiger partial charge in [-0.25, -0.2) is 4.98 Å². The van der Waals surface area contributed by atoms with Crippen molar-refractivity contribution < 1.29 is 0 Å². The second-order valence-electron chi connectivity index (χ2n) is 4.74. The average Bonchev–Trinajstić information content (AvgIpc) is 2.96. The van der Waals surface area contributed by atoms with E-state index in [1.54, 1.807) is 11.3 Å². The normalized spacial score (nSPS) is 10.8. The van der Waals surface area contributed by atoms with Crippen molar-refractivity contribution in [2.75, 3.05) is 24.3 Å². The molecular weight excluding hydrogens is 304 g/mol. The van der Waals surface area contributed by atoms with Crippen LogP contribution in [0.2, 0.25) is 5.02 Å². The first kappa shape index (κ1) is 14.1. The van der Waals surface area contributed by atoms with Crippen LogP contribution >= 0.6 is 22.9 Å². The van der Waals surface area contributed by atoms with Gasteiger partial charge in [-0.1, -0.05) is 23.7 Å². The number of aromatic nitrogens is 2. The third-order valence-corrected chi connectivity index (χ3v) is 4.28. The van der Waals surface area contributed by atoms with Crippen molar-refractivity contribution in [1.82, 2.24) is 9.97 Å². The molecule has 2 aromatic heterocycles. The monoisotopic (exact) mass is 318 g/mol. The van der Waals surface area contributed by atoms with E-state index in [0.29, 0.717) is 5.95 Å². The fourth-order valence-electron chi connectivity index (χ4n) is 2.18. The Morgan fingerprint density at radius 2 is 1.95 bits per heavy atom. The maximum atomic E-state index is 5.93. The third kappa shape index (κ3) is 2.94. The van der Waals surface area contributed by atoms with E-state index in [4.69, 9.17) is 11.6 Å². The van der Waals surface area contributed by atoms with Gasteiger partial charge >= 0.3 is 0 Å². The smallest absolute Gasteiger partial charge is 0.225 e. The van der Waals surface area contributed by atoms with Gasteiger partial charge in [0, 0.05) is 25.7 Å². The van der Waals surface area contributed by atoms with Crippen LogP contribution in [0.5, 0.6) is 0 Å². The van der Waals surface area contributed by atoms with Crippen LogP contribution in [-0.2, 0) is 6.54 Å². The van der Waals surface area contributed by atoms with Gasteiger partial charge in [-0.3, -0.25) is 0 Å². The lowest BCUT2D eigenvalue weighted by Crippen LogP contribution is -2.18. The van der Waals surface area contributed by atoms with E-state index in [1.807, 2.05) is 43.7 Å². The topological polar surface area (TPSA) is 41.1 Å². The minimum Gasteiger partial charge on any atom is -0.357 e. The van der Waals surface area contributed by atoms with E-state index in [0.717, 1.165) is 27.6 Å². The van der Waals surface area contributed by atoms with Crippen LogP contribution in [0.1, 0.15) is 5.56 Å². The number of anilines is 2. The molecule has 0 amide bonds. The van der Waals surface area contributed by atoms with Crippen LogP contribution in [0.4, 0.5) is 11.8 Å². The third-order valence-electron chi connectivity index (χ3n) is 3.22. The lowest BCUT2D eigenvalue weighted by Gasteiger charge is -2.19. The molecule has 1 N–H and O–H groups in total. The molecule has 6 heteroatoms. The number of benzene rings is 1. The molecule has 21 heavy (non-hydrogen) atoms. The standard InChI is InChI=1S/C15H15ClN4S/c1-17-15-18-13(12-7-8-21-14(12)19-15)20(2)9-10-3-5-11(16)6-4-10/h3-8H,9H2,1-2H3,(H,17,18,19). The number of halogens is 1. The summed E-state index contributed by atoms with van der Waals surface area (Å²) < 4.78 is 0. The van der Waals surface area contributed by atoms with Gasteiger partial charge in [0.15, 0.2) is 0 Å². The molecule has 0 unspecified atom stereocenters. The molecule has 0 aliphatic carbocycles. The van der Waals surface area contributed by atoms with Crippen molar-refractivity contribution in [3.63, 3.8) is 0 Å². The second kappa shape index (κ2) is 5.87. The summed E-state index contributed by atoms with van der Waals surface area (Å²) in [5.74, 6) is 1.57. The van der Waals surface area contributed by atoms with Gasteiger partial charge in [0.25, 0.3) is 0 Å². The maximum Gasteiger partial charge on any atom is 0.225 e. The zero-order valence-corrected chi connectivity index (χ0v) is 13.4. The Hall–Kier alpha value is -1.85. The predicted molar refractivity (Wildman–Crippen MR) is 90.5 cm³/mol. The van der Waals surface area contributed by atoms with Crippen LogP contribution in [0.25, 0.3) is 10.2 Å². The summed E-state index contributed by atoms with van der Waals surface area (Å²) in [6.45, 7) is 0.766. The Balaban J connectivity index is 1.94. The summed E-state index contributed by atoms with van der Waals surface area (Å²) in [4.78, 5) is 12.2. The summed E-state index contributed by atoms with van der Waals surface area (Å²) in [7, 11) is 3.87. The van der Waals surface area contributed by atoms with Crippen molar-refractivity contribution in [1.29, 1.82) is 0 Å². The summed E-state index contributed by atoms with van der Waals surface area (Å²) >= 11 is 7.55. The molecule has 3 rings (SSSR count). The molecule has 0 atom stereocenters. The van der Waals surface area contributed by atoms with E-state index >= 15 is 0 Å². The Morgan fingerprint density at radius 3 is 2.67 bits per heavy atom. The van der Waals surface area contributed by atoms with E-state index in [-0.39, 0.29) is 0 Å². The van der Waals surface area contributed by atoms with Crippen LogP contribution in [0, 0.1) is 0 Å². The first-order valence-electron chi connectivity index (χ1n) is 6.56. The second-order valence-corrected chi connectivity index (χ2v) is 6.07. The van der Waals surface area contributed by atoms with E-state index in [1.165, 1.54) is 5.56 Å². The zero-order chi connectivity index (χ0) is 14.8. The molecule has 0 saturated heterocycles. The Labute approximate surface area is 132 Å². The number of hydrogen-bond acceptors (Lipinski definition) is 5. The molecule has 0 radical (unpaired) electrons. The number of thiophene rings is 1. The van der Waals surface area contributed by atoms with Gasteiger partial charge in [-0.15, -0.1) is 11.3 Å². The maximum absolute atomic E-state index is 5.93. The number of rotatable bonds is 4. The highest BCUT2D eigenvalue weighted by Crippen LogP contribution is 2.29. The predicted octanol–water partition coefficient (Wildman–Crippen LogP) is 4.02. The van der Waals surface area contributed by atoms with Gasteiger partial charge in [0.1, 0.15) is 10.6 Å². The number of nitrogens with one attached hydrogen (secondary N) is 1. The molecule has 1 aromatic carbocycles. The summed E-state index contributed by atoms with van der Waals surface area (Å²) in [5, 5.41) is 6.89. The molecule has 3 aromatic rings. The fraction of sp³-hybridized carbons (Fsp3) is 0.200. The molecule has 4 nitrogen and oxygen atoms in total. The fourth-order valence-corrected chi connectivity index (χ4v) is 3.07. The molecule has 0 saturated carbocycles. The van der Waals surface area contributed by atoms with Crippen LogP contribution in [0.15, 0.2) is 35.7 Å². The van der Waals surface area contributed by atoms with Crippen molar-refractivity contribution >= 4 is 44.9 Å². The van der Waals surface area contributed by atoms with Crippen molar-refractivity contribution in [3.05, 3.63) is 46.3 Å². The van der Waals surface area contributed by atoms with Gasteiger partial charge in [-0.05, 0) is 29.1 Å². The quantitative estimate of drug-likeness (QED) is 0.788. The van der Waals surface area contributed by atoms with Gasteiger partial charge in [-0.2, -0.15) is 4.98 Å². The highest BCUT2D eigenvalue weighted by atomic mass is 35.5. The average molecular weight is 319 g/mol. The number of fused-ring (bicyclic) bond motifs is 1. The van der Waals surface area contributed by atoms with Crippen LogP contribution in [0.3, 0.4) is 0 Å². The Bertz CT molecular complexity index is 754. The number of nitrogens with zero attached hydrogens (tertiary/aromatic N) is 3. The van der Waals surface area contributed by atoms with Crippen molar-refractivity contribution in [3.8, 4) is 0 Å². The van der Waals surface area contributed by atoms with Crippen LogP contribution in [-0.4, -0.2) is 24.1 Å². The van der Waals surface area contributed by atoms with Gasteiger partial charge < -0.3 is 10.2 Å². The zero-order valence-electron chi connectivity index (χ0n) is 11.8. The van der Waals surface area contributed by atoms with Gasteiger partial charge in [0.05, 0.1) is 5.39 Å². The minimum atomic E-state index is 0.642. The van der Waals surface area contributed by atoms with Crippen molar-refractivity contribution in [2.24, 2.45) is 0 Å². The summed E-state index contributed by atoms with van der Waals surface area (Å²) in [5.41, 5.74) is 1.19. The lowest BCUT2D eigenvalue weighted by atomic mass is 10.2. The molecular formula is C15H15ClN4S. The Kier molecular flexibility index (Phi) is 3.94. The van der Waals surface area contributed by atoms with Gasteiger partial charge in [0.2, 0.25) is 5.95 Å². The minimum absolute atomic E-state index is 0.642. The highest BCUT2D eigenvalue weighted by molar-refractivity contribution is 7.16. The Morgan fingerprint density at radius 1 is 1.19 bits per heavy atom. The molecule has 0 fully saturated rings. The first-order valence-corrected chi connectivity index (χ1v) is 7.81. The molecule has 0 spiro atoms. The first-order chi connectivity index (χ1) is 10.2. The SMILES string of the molecule is CNc1nc(N(C)Cc2ccc(Cl)cc2)c2ccsc2n1. The summed E-state index contributed by atoms with van der Waals surface area (Å²) in [6.07, 6.45) is 0. The molecule has 108 valence electrons. The molecule has 0 aliphatic rings. The summed E-state index contributed by atoms with van der Waals surface area (Å²) in [6, 6.07) is 9.94. The van der Waals surface area contributed by atoms with E-state index in [2.05, 4.69) is 26.3 Å². The van der Waals surface area contributed by atoms with E-state index < -0.39 is 0 Å². The van der Waals surface area contributed by atoms with Crippen LogP contribution < -0.4 is 10.2 Å². The lowest BCUT2D eigenvalue weighted by molar-refractivity contribution is 0.902.